The molecule has 148 valence electrons. The van der Waals surface area contributed by atoms with Gasteiger partial charge in [0.05, 0.1) is 5.39 Å². The third-order valence-electron chi connectivity index (χ3n) is 5.38. The van der Waals surface area contributed by atoms with Crippen LogP contribution >= 0.6 is 0 Å². The zero-order valence-electron chi connectivity index (χ0n) is 16.7. The highest BCUT2D eigenvalue weighted by Gasteiger charge is 2.16. The van der Waals surface area contributed by atoms with Crippen molar-refractivity contribution in [1.29, 1.82) is 0 Å². The molecule has 4 aromatic rings. The van der Waals surface area contributed by atoms with Crippen LogP contribution in [0.4, 0.5) is 0 Å². The molecule has 3 heterocycles. The minimum Gasteiger partial charge on any atom is -0.323 e. The summed E-state index contributed by atoms with van der Waals surface area (Å²) in [7, 11) is 0. The molecule has 0 spiro atoms. The van der Waals surface area contributed by atoms with E-state index in [9.17, 15) is 4.79 Å². The Hall–Kier alpha value is -3.69. The molecule has 0 aliphatic carbocycles. The van der Waals surface area contributed by atoms with Gasteiger partial charge in [0.1, 0.15) is 5.82 Å². The number of aryl methyl sites for hydroxylation is 2. The Balaban J connectivity index is 1.71. The second kappa shape index (κ2) is 7.29. The van der Waals surface area contributed by atoms with Crippen molar-refractivity contribution < 1.29 is 0 Å². The van der Waals surface area contributed by atoms with Crippen molar-refractivity contribution in [2.75, 3.05) is 0 Å². The number of pyridine rings is 1. The lowest BCUT2D eigenvalue weighted by Crippen LogP contribution is -2.26. The molecule has 1 aliphatic rings. The molecular formula is C24H21N5O. The molecule has 1 aliphatic heterocycles. The van der Waals surface area contributed by atoms with Crippen LogP contribution in [0.1, 0.15) is 42.3 Å². The van der Waals surface area contributed by atoms with E-state index in [1.165, 1.54) is 0 Å². The highest BCUT2D eigenvalue weighted by molar-refractivity contribution is 5.88. The first-order valence-corrected chi connectivity index (χ1v) is 10.1. The molecule has 0 saturated carbocycles. The average molecular weight is 395 g/mol. The van der Waals surface area contributed by atoms with Crippen LogP contribution in [-0.2, 0) is 13.0 Å². The summed E-state index contributed by atoms with van der Waals surface area (Å²) in [5.41, 5.74) is 8.29. The van der Waals surface area contributed by atoms with Crippen LogP contribution in [0.5, 0.6) is 0 Å². The van der Waals surface area contributed by atoms with Gasteiger partial charge in [-0.3, -0.25) is 9.36 Å². The molecule has 6 nitrogen and oxygen atoms in total. The van der Waals surface area contributed by atoms with E-state index in [0.717, 1.165) is 42.0 Å². The van der Waals surface area contributed by atoms with Gasteiger partial charge in [0.2, 0.25) is 5.82 Å². The molecule has 0 bridgehead atoms. The number of aromatic nitrogens is 4. The van der Waals surface area contributed by atoms with Crippen LogP contribution in [0.25, 0.3) is 16.5 Å². The Morgan fingerprint density at radius 3 is 2.70 bits per heavy atom. The molecule has 2 aromatic carbocycles. The summed E-state index contributed by atoms with van der Waals surface area (Å²) in [5, 5.41) is 5.84. The molecule has 30 heavy (non-hydrogen) atoms. The van der Waals surface area contributed by atoms with Gasteiger partial charge in [-0.05, 0) is 48.9 Å². The van der Waals surface area contributed by atoms with Crippen LogP contribution in [0.2, 0.25) is 0 Å². The van der Waals surface area contributed by atoms with Crippen molar-refractivity contribution in [2.24, 2.45) is 5.73 Å². The van der Waals surface area contributed by atoms with Crippen LogP contribution in [0, 0.1) is 11.8 Å². The predicted molar refractivity (Wildman–Crippen MR) is 116 cm³/mol. The smallest absolute Gasteiger partial charge is 0.264 e. The van der Waals surface area contributed by atoms with Gasteiger partial charge in [0.15, 0.2) is 0 Å². The highest BCUT2D eigenvalue weighted by Crippen LogP contribution is 2.22. The van der Waals surface area contributed by atoms with Crippen LogP contribution in [0.15, 0.2) is 59.4 Å². The summed E-state index contributed by atoms with van der Waals surface area (Å²) in [6, 6.07) is 16.9. The number of nitrogens with zero attached hydrogens (tertiary/aromatic N) is 4. The number of hydrogen-bond donors (Lipinski definition) is 1. The van der Waals surface area contributed by atoms with E-state index in [2.05, 4.69) is 21.9 Å². The van der Waals surface area contributed by atoms with E-state index in [1.54, 1.807) is 4.57 Å². The summed E-state index contributed by atoms with van der Waals surface area (Å²) in [4.78, 5) is 18.1. The van der Waals surface area contributed by atoms with Gasteiger partial charge in [-0.15, -0.1) is 5.10 Å². The number of rotatable bonds is 2. The van der Waals surface area contributed by atoms with E-state index in [-0.39, 0.29) is 11.6 Å². The molecule has 0 unspecified atom stereocenters. The van der Waals surface area contributed by atoms with E-state index in [4.69, 9.17) is 5.73 Å². The van der Waals surface area contributed by atoms with Crippen LogP contribution in [-0.4, -0.2) is 19.3 Å². The maximum Gasteiger partial charge on any atom is 0.264 e. The first-order chi connectivity index (χ1) is 14.6. The third-order valence-corrected chi connectivity index (χ3v) is 5.38. The van der Waals surface area contributed by atoms with Crippen molar-refractivity contribution in [3.8, 4) is 17.5 Å². The van der Waals surface area contributed by atoms with Gasteiger partial charge < -0.3 is 5.73 Å². The third kappa shape index (κ3) is 3.10. The summed E-state index contributed by atoms with van der Waals surface area (Å²) in [5.74, 6) is 7.64. The predicted octanol–water partition coefficient (Wildman–Crippen LogP) is 2.95. The quantitative estimate of drug-likeness (QED) is 0.529. The van der Waals surface area contributed by atoms with E-state index in [0.29, 0.717) is 16.8 Å². The standard InChI is InChI=1S/C24H21N5O/c1-16(25)20-15-18-8-5-7-17(12-13-21-26-22-11-6-14-28(22)27-21)23(18)24(30)29(20)19-9-3-2-4-10-19/h2-5,7-10,15-16H,6,11,14,25H2,1H3/t16-/m0/s1. The summed E-state index contributed by atoms with van der Waals surface area (Å²) < 4.78 is 3.59. The molecule has 2 aromatic heterocycles. The Morgan fingerprint density at radius 1 is 1.10 bits per heavy atom. The lowest BCUT2D eigenvalue weighted by Gasteiger charge is -2.17. The molecule has 6 heteroatoms. The lowest BCUT2D eigenvalue weighted by atomic mass is 10.0. The van der Waals surface area contributed by atoms with Crippen LogP contribution < -0.4 is 11.3 Å². The number of nitrogens with two attached hydrogens (primary N) is 1. The Bertz CT molecular complexity index is 1350. The van der Waals surface area contributed by atoms with Crippen molar-refractivity contribution in [2.45, 2.75) is 32.4 Å². The molecule has 0 radical (unpaired) electrons. The van der Waals surface area contributed by atoms with Crippen LogP contribution in [0.3, 0.4) is 0 Å². The van der Waals surface area contributed by atoms with Crippen molar-refractivity contribution >= 4 is 10.8 Å². The van der Waals surface area contributed by atoms with Crippen molar-refractivity contribution in [3.63, 3.8) is 0 Å². The zero-order valence-corrected chi connectivity index (χ0v) is 16.7. The molecule has 0 amide bonds. The monoisotopic (exact) mass is 395 g/mol. The fourth-order valence-corrected chi connectivity index (χ4v) is 3.97. The lowest BCUT2D eigenvalue weighted by molar-refractivity contribution is 0.654. The van der Waals surface area contributed by atoms with Gasteiger partial charge in [0, 0.05) is 36.0 Å². The summed E-state index contributed by atoms with van der Waals surface area (Å²) in [6.07, 6.45) is 2.01. The molecule has 0 saturated heterocycles. The number of benzene rings is 2. The topological polar surface area (TPSA) is 78.7 Å². The van der Waals surface area contributed by atoms with Gasteiger partial charge in [-0.25, -0.2) is 9.67 Å². The Kier molecular flexibility index (Phi) is 4.46. The van der Waals surface area contributed by atoms with E-state index in [1.807, 2.05) is 66.2 Å². The molecule has 5 rings (SSSR count). The molecular weight excluding hydrogens is 374 g/mol. The molecule has 0 fully saturated rings. The molecule has 2 N–H and O–H groups in total. The molecule has 1 atom stereocenters. The largest absolute Gasteiger partial charge is 0.323 e. The maximum absolute atomic E-state index is 13.6. The van der Waals surface area contributed by atoms with E-state index >= 15 is 0 Å². The number of fused-ring (bicyclic) bond motifs is 2. The number of hydrogen-bond acceptors (Lipinski definition) is 4. The zero-order chi connectivity index (χ0) is 20.7. The van der Waals surface area contributed by atoms with Gasteiger partial charge >= 0.3 is 0 Å². The number of para-hydroxylation sites is 1. The second-order valence-corrected chi connectivity index (χ2v) is 7.53. The first-order valence-electron chi connectivity index (χ1n) is 10.1. The highest BCUT2D eigenvalue weighted by atomic mass is 16.1. The van der Waals surface area contributed by atoms with E-state index < -0.39 is 0 Å². The fraction of sp³-hybridized carbons (Fsp3) is 0.208. The van der Waals surface area contributed by atoms with Gasteiger partial charge in [-0.2, -0.15) is 0 Å². The maximum atomic E-state index is 13.6. The minimum absolute atomic E-state index is 0.129. The Morgan fingerprint density at radius 2 is 1.93 bits per heavy atom. The van der Waals surface area contributed by atoms with Crippen molar-refractivity contribution in [1.82, 2.24) is 19.3 Å². The normalized spacial score (nSPS) is 13.7. The SMILES string of the molecule is C[C@H](N)c1cc2cccc(C#Cc3nc4n(n3)CCC4)c2c(=O)n1-c1ccccc1. The minimum atomic E-state index is -0.297. The van der Waals surface area contributed by atoms with Gasteiger partial charge in [-0.1, -0.05) is 36.3 Å². The first kappa shape index (κ1) is 18.3. The fourth-order valence-electron chi connectivity index (χ4n) is 3.97. The summed E-state index contributed by atoms with van der Waals surface area (Å²) >= 11 is 0. The summed E-state index contributed by atoms with van der Waals surface area (Å²) in [6.45, 7) is 2.77. The van der Waals surface area contributed by atoms with Crippen molar-refractivity contribution in [3.05, 3.63) is 87.9 Å². The van der Waals surface area contributed by atoms with Gasteiger partial charge in [0.25, 0.3) is 5.56 Å². The second-order valence-electron chi connectivity index (χ2n) is 7.53. The average Bonchev–Trinajstić information content (AvgIpc) is 3.34. The Labute approximate surface area is 174 Å².